The molecule has 16 heavy (non-hydrogen) atoms. The number of rotatable bonds is 5. The average Bonchev–Trinajstić information content (AvgIpc) is 2.25. The van der Waals surface area contributed by atoms with Crippen molar-refractivity contribution in [1.82, 2.24) is 5.32 Å². The Hall–Kier alpha value is -1.55. The summed E-state index contributed by atoms with van der Waals surface area (Å²) in [6.07, 6.45) is -0.420. The number of benzene rings is 1. The number of hydrogen-bond acceptors (Lipinski definition) is 3. The van der Waals surface area contributed by atoms with Crippen LogP contribution in [0.5, 0.6) is 0 Å². The molecule has 0 aliphatic carbocycles. The topological polar surface area (TPSA) is 50.4 Å². The lowest BCUT2D eigenvalue weighted by Crippen LogP contribution is -2.28. The molecule has 0 aliphatic heterocycles. The summed E-state index contributed by atoms with van der Waals surface area (Å²) < 4.78 is 4.98. The van der Waals surface area contributed by atoms with E-state index in [2.05, 4.69) is 10.6 Å². The summed E-state index contributed by atoms with van der Waals surface area (Å²) in [5.74, 6) is 0. The fourth-order valence-electron chi connectivity index (χ4n) is 1.17. The lowest BCUT2D eigenvalue weighted by atomic mass is 10.3. The first-order chi connectivity index (χ1) is 7.68. The van der Waals surface area contributed by atoms with Crippen molar-refractivity contribution in [3.8, 4) is 0 Å². The van der Waals surface area contributed by atoms with Gasteiger partial charge in [0.15, 0.2) is 0 Å². The van der Waals surface area contributed by atoms with Crippen molar-refractivity contribution in [3.63, 3.8) is 0 Å². The van der Waals surface area contributed by atoms with Gasteiger partial charge < -0.3 is 10.1 Å². The van der Waals surface area contributed by atoms with Crippen LogP contribution in [0.25, 0.3) is 0 Å². The van der Waals surface area contributed by atoms with Gasteiger partial charge in [-0.15, -0.1) is 0 Å². The molecule has 0 radical (unpaired) electrons. The van der Waals surface area contributed by atoms with Gasteiger partial charge in [-0.25, -0.2) is 4.79 Å². The Morgan fingerprint density at radius 1 is 1.31 bits per heavy atom. The summed E-state index contributed by atoms with van der Waals surface area (Å²) in [7, 11) is 0. The van der Waals surface area contributed by atoms with Gasteiger partial charge in [0, 0.05) is 18.3 Å². The predicted molar refractivity (Wildman–Crippen MR) is 64.6 cm³/mol. The van der Waals surface area contributed by atoms with Gasteiger partial charge in [-0.3, -0.25) is 5.32 Å². The van der Waals surface area contributed by atoms with Crippen molar-refractivity contribution in [2.24, 2.45) is 0 Å². The molecule has 0 atom stereocenters. The Bertz CT molecular complexity index is 312. The summed E-state index contributed by atoms with van der Waals surface area (Å²) in [6.45, 7) is 5.13. The second-order valence-corrected chi connectivity index (χ2v) is 3.74. The highest BCUT2D eigenvalue weighted by Crippen LogP contribution is 2.04. The summed E-state index contributed by atoms with van der Waals surface area (Å²) >= 11 is 0. The molecule has 0 aliphatic rings. The van der Waals surface area contributed by atoms with Gasteiger partial charge in [-0.1, -0.05) is 32.0 Å². The molecule has 1 amide bonds. The zero-order valence-electron chi connectivity index (χ0n) is 9.69. The van der Waals surface area contributed by atoms with Crippen LogP contribution < -0.4 is 10.6 Å². The zero-order valence-corrected chi connectivity index (χ0v) is 9.69. The molecule has 1 aromatic carbocycles. The molecule has 1 aromatic rings. The predicted octanol–water partition coefficient (Wildman–Crippen LogP) is 2.23. The maximum absolute atomic E-state index is 11.3. The fourth-order valence-corrected chi connectivity index (χ4v) is 1.17. The molecule has 0 bridgehead atoms. The molecular formula is C12H18N2O2. The van der Waals surface area contributed by atoms with Gasteiger partial charge in [0.25, 0.3) is 0 Å². The second kappa shape index (κ2) is 6.85. The van der Waals surface area contributed by atoms with Gasteiger partial charge >= 0.3 is 6.09 Å². The minimum absolute atomic E-state index is 0.372. The van der Waals surface area contributed by atoms with Crippen molar-refractivity contribution in [2.75, 3.05) is 18.5 Å². The van der Waals surface area contributed by atoms with E-state index >= 15 is 0 Å². The molecule has 4 heteroatoms. The number of para-hydroxylation sites is 1. The van der Waals surface area contributed by atoms with Gasteiger partial charge in [0.1, 0.15) is 6.61 Å². The van der Waals surface area contributed by atoms with Gasteiger partial charge in [0.2, 0.25) is 0 Å². The van der Waals surface area contributed by atoms with Gasteiger partial charge in [-0.05, 0) is 12.1 Å². The highest BCUT2D eigenvalue weighted by atomic mass is 16.5. The average molecular weight is 222 g/mol. The SMILES string of the molecule is CC(C)NCCOC(=O)Nc1ccccc1. The molecule has 0 spiro atoms. The lowest BCUT2D eigenvalue weighted by Gasteiger charge is -2.09. The third-order valence-electron chi connectivity index (χ3n) is 1.91. The number of carbonyl (C=O) groups excluding carboxylic acids is 1. The number of hydrogen-bond donors (Lipinski definition) is 2. The summed E-state index contributed by atoms with van der Waals surface area (Å²) in [6, 6.07) is 9.64. The molecule has 0 saturated heterocycles. The molecule has 0 saturated carbocycles. The third-order valence-corrected chi connectivity index (χ3v) is 1.91. The maximum Gasteiger partial charge on any atom is 0.411 e. The number of nitrogens with one attached hydrogen (secondary N) is 2. The van der Waals surface area contributed by atoms with E-state index in [1.54, 1.807) is 0 Å². The van der Waals surface area contributed by atoms with E-state index in [0.717, 1.165) is 5.69 Å². The molecular weight excluding hydrogens is 204 g/mol. The molecule has 2 N–H and O–H groups in total. The number of carbonyl (C=O) groups is 1. The first-order valence-electron chi connectivity index (χ1n) is 5.40. The quantitative estimate of drug-likeness (QED) is 0.751. The van der Waals surface area contributed by atoms with Crippen LogP contribution in [0.15, 0.2) is 30.3 Å². The first kappa shape index (κ1) is 12.5. The summed E-state index contributed by atoms with van der Waals surface area (Å²) in [4.78, 5) is 11.3. The molecule has 0 heterocycles. The van der Waals surface area contributed by atoms with Crippen molar-refractivity contribution in [3.05, 3.63) is 30.3 Å². The summed E-state index contributed by atoms with van der Waals surface area (Å²) in [5.41, 5.74) is 0.740. The summed E-state index contributed by atoms with van der Waals surface area (Å²) in [5, 5.41) is 5.80. The van der Waals surface area contributed by atoms with E-state index in [1.165, 1.54) is 0 Å². The monoisotopic (exact) mass is 222 g/mol. The lowest BCUT2D eigenvalue weighted by molar-refractivity contribution is 0.161. The standard InChI is InChI=1S/C12H18N2O2/c1-10(2)13-8-9-16-12(15)14-11-6-4-3-5-7-11/h3-7,10,13H,8-9H2,1-2H3,(H,14,15). The molecule has 88 valence electrons. The highest BCUT2D eigenvalue weighted by molar-refractivity contribution is 5.84. The van der Waals surface area contributed by atoms with Crippen LogP contribution in [0.4, 0.5) is 10.5 Å². The van der Waals surface area contributed by atoms with Crippen LogP contribution in [-0.2, 0) is 4.74 Å². The maximum atomic E-state index is 11.3. The molecule has 0 unspecified atom stereocenters. The van der Waals surface area contributed by atoms with Gasteiger partial charge in [0.05, 0.1) is 0 Å². The van der Waals surface area contributed by atoms with E-state index in [9.17, 15) is 4.79 Å². The highest BCUT2D eigenvalue weighted by Gasteiger charge is 2.01. The molecule has 1 rings (SSSR count). The van der Waals surface area contributed by atoms with E-state index in [4.69, 9.17) is 4.74 Å². The van der Waals surface area contributed by atoms with E-state index in [1.807, 2.05) is 44.2 Å². The largest absolute Gasteiger partial charge is 0.448 e. The van der Waals surface area contributed by atoms with Crippen LogP contribution >= 0.6 is 0 Å². The van der Waals surface area contributed by atoms with Crippen LogP contribution in [0.3, 0.4) is 0 Å². The Morgan fingerprint density at radius 3 is 2.62 bits per heavy atom. The van der Waals surface area contributed by atoms with Gasteiger partial charge in [-0.2, -0.15) is 0 Å². The molecule has 4 nitrogen and oxygen atoms in total. The number of ether oxygens (including phenoxy) is 1. The smallest absolute Gasteiger partial charge is 0.411 e. The van der Waals surface area contributed by atoms with Crippen molar-refractivity contribution in [2.45, 2.75) is 19.9 Å². The molecule has 0 aromatic heterocycles. The first-order valence-corrected chi connectivity index (χ1v) is 5.40. The van der Waals surface area contributed by atoms with Crippen molar-refractivity contribution >= 4 is 11.8 Å². The normalized spacial score (nSPS) is 10.2. The van der Waals surface area contributed by atoms with Crippen LogP contribution in [0.1, 0.15) is 13.8 Å². The van der Waals surface area contributed by atoms with E-state index < -0.39 is 6.09 Å². The van der Waals surface area contributed by atoms with E-state index in [-0.39, 0.29) is 0 Å². The van der Waals surface area contributed by atoms with Crippen molar-refractivity contribution in [1.29, 1.82) is 0 Å². The minimum Gasteiger partial charge on any atom is -0.448 e. The Labute approximate surface area is 96.0 Å². The number of amides is 1. The molecule has 0 fully saturated rings. The second-order valence-electron chi connectivity index (χ2n) is 3.74. The Kier molecular flexibility index (Phi) is 5.36. The van der Waals surface area contributed by atoms with Crippen molar-refractivity contribution < 1.29 is 9.53 Å². The van der Waals surface area contributed by atoms with Crippen LogP contribution in [0, 0.1) is 0 Å². The van der Waals surface area contributed by atoms with E-state index in [0.29, 0.717) is 19.2 Å². The Balaban J connectivity index is 2.17. The van der Waals surface area contributed by atoms with Crippen LogP contribution in [0.2, 0.25) is 0 Å². The minimum atomic E-state index is -0.420. The van der Waals surface area contributed by atoms with Crippen LogP contribution in [-0.4, -0.2) is 25.3 Å². The number of anilines is 1. The zero-order chi connectivity index (χ0) is 11.8. The fraction of sp³-hybridized carbons (Fsp3) is 0.417. The third kappa shape index (κ3) is 5.36. The Morgan fingerprint density at radius 2 is 2.00 bits per heavy atom.